The molecule has 0 radical (unpaired) electrons. The maximum absolute atomic E-state index is 12.6. The third kappa shape index (κ3) is 3.82. The van der Waals surface area contributed by atoms with E-state index in [1.807, 2.05) is 36.0 Å². The molecule has 3 heterocycles. The van der Waals surface area contributed by atoms with Gasteiger partial charge in [0.05, 0.1) is 23.3 Å². The molecule has 7 nitrogen and oxygen atoms in total. The molecule has 1 N–H and O–H groups in total. The first kappa shape index (κ1) is 17.6. The number of rotatable bonds is 6. The van der Waals surface area contributed by atoms with Crippen LogP contribution in [0.3, 0.4) is 0 Å². The molecule has 1 saturated heterocycles. The van der Waals surface area contributed by atoms with Crippen LogP contribution in [0.15, 0.2) is 43.0 Å². The number of imidazole rings is 2. The van der Waals surface area contributed by atoms with Crippen LogP contribution in [-0.4, -0.2) is 44.6 Å². The number of amides is 1. The van der Waals surface area contributed by atoms with Gasteiger partial charge in [0.15, 0.2) is 0 Å². The van der Waals surface area contributed by atoms with Crippen LogP contribution in [-0.2, 0) is 18.4 Å². The highest BCUT2D eigenvalue weighted by Gasteiger charge is 2.27. The third-order valence-electron chi connectivity index (χ3n) is 5.29. The van der Waals surface area contributed by atoms with Gasteiger partial charge in [-0.15, -0.1) is 0 Å². The number of nitrogens with one attached hydrogen (secondary N) is 1. The zero-order chi connectivity index (χ0) is 18.6. The Bertz CT molecular complexity index is 900. The topological polar surface area (TPSA) is 68.0 Å². The zero-order valence-electron chi connectivity index (χ0n) is 15.7. The molecule has 1 aromatic carbocycles. The molecule has 0 saturated carbocycles. The van der Waals surface area contributed by atoms with Gasteiger partial charge in [0.25, 0.3) is 0 Å². The van der Waals surface area contributed by atoms with Crippen molar-refractivity contribution in [1.29, 1.82) is 0 Å². The van der Waals surface area contributed by atoms with Crippen LogP contribution in [0.25, 0.3) is 11.0 Å². The number of carbonyl (C=O) groups is 1. The Kier molecular flexibility index (Phi) is 5.09. The van der Waals surface area contributed by atoms with Crippen molar-refractivity contribution in [2.75, 3.05) is 24.5 Å². The number of aryl methyl sites for hydroxylation is 2. The second kappa shape index (κ2) is 7.82. The second-order valence-corrected chi connectivity index (χ2v) is 7.19. The van der Waals surface area contributed by atoms with E-state index in [9.17, 15) is 4.79 Å². The lowest BCUT2D eigenvalue weighted by atomic mass is 9.97. The molecule has 2 aromatic heterocycles. The molecule has 0 aliphatic carbocycles. The summed E-state index contributed by atoms with van der Waals surface area (Å²) >= 11 is 0. The van der Waals surface area contributed by atoms with E-state index in [0.717, 1.165) is 55.9 Å². The summed E-state index contributed by atoms with van der Waals surface area (Å²) in [4.78, 5) is 23.7. The SMILES string of the molecule is Cn1c(N2CCCC(C(=O)NCCCn3ccnc3)C2)nc2ccccc21. The highest BCUT2D eigenvalue weighted by molar-refractivity contribution is 5.81. The molecule has 27 heavy (non-hydrogen) atoms. The first-order valence-electron chi connectivity index (χ1n) is 9.62. The Morgan fingerprint density at radius 1 is 1.33 bits per heavy atom. The van der Waals surface area contributed by atoms with E-state index in [0.29, 0.717) is 6.54 Å². The fourth-order valence-corrected chi connectivity index (χ4v) is 3.83. The molecular weight excluding hydrogens is 340 g/mol. The fraction of sp³-hybridized carbons (Fsp3) is 0.450. The second-order valence-electron chi connectivity index (χ2n) is 7.19. The van der Waals surface area contributed by atoms with E-state index in [-0.39, 0.29) is 11.8 Å². The fourth-order valence-electron chi connectivity index (χ4n) is 3.83. The van der Waals surface area contributed by atoms with Gasteiger partial charge in [0, 0.05) is 45.6 Å². The minimum absolute atomic E-state index is 0.0202. The maximum atomic E-state index is 12.6. The van der Waals surface area contributed by atoms with Crippen molar-refractivity contribution in [2.45, 2.75) is 25.8 Å². The molecule has 1 amide bonds. The van der Waals surface area contributed by atoms with Gasteiger partial charge in [-0.3, -0.25) is 4.79 Å². The van der Waals surface area contributed by atoms with Gasteiger partial charge in [0.1, 0.15) is 0 Å². The van der Waals surface area contributed by atoms with Crippen LogP contribution in [0, 0.1) is 5.92 Å². The number of piperidine rings is 1. The molecule has 4 rings (SSSR count). The average molecular weight is 366 g/mol. The van der Waals surface area contributed by atoms with Crippen molar-refractivity contribution in [3.63, 3.8) is 0 Å². The molecule has 1 unspecified atom stereocenters. The number of fused-ring (bicyclic) bond motifs is 1. The normalized spacial score (nSPS) is 17.4. The van der Waals surface area contributed by atoms with E-state index in [1.54, 1.807) is 12.5 Å². The lowest BCUT2D eigenvalue weighted by Crippen LogP contribution is -2.44. The Balaban J connectivity index is 1.34. The molecule has 1 aliphatic heterocycles. The van der Waals surface area contributed by atoms with Crippen molar-refractivity contribution in [2.24, 2.45) is 13.0 Å². The first-order chi connectivity index (χ1) is 13.2. The molecule has 1 aliphatic rings. The monoisotopic (exact) mass is 366 g/mol. The number of nitrogens with zero attached hydrogens (tertiary/aromatic N) is 5. The molecular formula is C20H26N6O. The summed E-state index contributed by atoms with van der Waals surface area (Å²) < 4.78 is 4.15. The zero-order valence-corrected chi connectivity index (χ0v) is 15.7. The molecule has 3 aromatic rings. The molecule has 7 heteroatoms. The maximum Gasteiger partial charge on any atom is 0.224 e. The van der Waals surface area contributed by atoms with E-state index in [4.69, 9.17) is 4.98 Å². The van der Waals surface area contributed by atoms with Crippen molar-refractivity contribution in [3.05, 3.63) is 43.0 Å². The molecule has 1 atom stereocenters. The van der Waals surface area contributed by atoms with Crippen LogP contribution >= 0.6 is 0 Å². The predicted octanol–water partition coefficient (Wildman–Crippen LogP) is 2.19. The number of hydrogen-bond donors (Lipinski definition) is 1. The summed E-state index contributed by atoms with van der Waals surface area (Å²) in [5.41, 5.74) is 2.12. The van der Waals surface area contributed by atoms with Crippen LogP contribution in [0.4, 0.5) is 5.95 Å². The summed E-state index contributed by atoms with van der Waals surface area (Å²) in [5.74, 6) is 1.13. The van der Waals surface area contributed by atoms with Gasteiger partial charge < -0.3 is 19.4 Å². The summed E-state index contributed by atoms with van der Waals surface area (Å²) in [5, 5.41) is 3.10. The van der Waals surface area contributed by atoms with Crippen LogP contribution in [0.1, 0.15) is 19.3 Å². The van der Waals surface area contributed by atoms with Gasteiger partial charge in [-0.2, -0.15) is 0 Å². The smallest absolute Gasteiger partial charge is 0.224 e. The summed E-state index contributed by atoms with van der Waals surface area (Å²) in [7, 11) is 2.05. The first-order valence-corrected chi connectivity index (χ1v) is 9.62. The number of aromatic nitrogens is 4. The standard InChI is InChI=1S/C20H26N6O/c1-24-18-8-3-2-7-17(18)23-20(24)26-12-4-6-16(14-26)19(27)22-9-5-11-25-13-10-21-15-25/h2-3,7-8,10,13,15-16H,4-6,9,11-12,14H2,1H3,(H,22,27). The van der Waals surface area contributed by atoms with Gasteiger partial charge in [-0.1, -0.05) is 12.1 Å². The highest BCUT2D eigenvalue weighted by Crippen LogP contribution is 2.25. The lowest BCUT2D eigenvalue weighted by molar-refractivity contribution is -0.125. The predicted molar refractivity (Wildman–Crippen MR) is 106 cm³/mol. The summed E-state index contributed by atoms with van der Waals surface area (Å²) in [6.45, 7) is 3.24. The minimum Gasteiger partial charge on any atom is -0.356 e. The number of benzene rings is 1. The van der Waals surface area contributed by atoms with Crippen molar-refractivity contribution in [3.8, 4) is 0 Å². The molecule has 142 valence electrons. The van der Waals surface area contributed by atoms with Gasteiger partial charge in [-0.25, -0.2) is 9.97 Å². The Morgan fingerprint density at radius 2 is 2.22 bits per heavy atom. The van der Waals surface area contributed by atoms with Crippen LogP contribution < -0.4 is 10.2 Å². The number of carbonyl (C=O) groups excluding carboxylic acids is 1. The van der Waals surface area contributed by atoms with E-state index in [2.05, 4.69) is 25.8 Å². The summed E-state index contributed by atoms with van der Waals surface area (Å²) in [6, 6.07) is 8.16. The van der Waals surface area contributed by atoms with Crippen LogP contribution in [0.5, 0.6) is 0 Å². The Hall–Kier alpha value is -2.83. The van der Waals surface area contributed by atoms with E-state index in [1.165, 1.54) is 0 Å². The Labute approximate surface area is 159 Å². The lowest BCUT2D eigenvalue weighted by Gasteiger charge is -2.32. The molecule has 1 fully saturated rings. The molecule has 0 bridgehead atoms. The third-order valence-corrected chi connectivity index (χ3v) is 5.29. The van der Waals surface area contributed by atoms with Gasteiger partial charge in [-0.05, 0) is 31.4 Å². The minimum atomic E-state index is 0.0202. The van der Waals surface area contributed by atoms with Crippen LogP contribution in [0.2, 0.25) is 0 Å². The van der Waals surface area contributed by atoms with Gasteiger partial charge >= 0.3 is 0 Å². The van der Waals surface area contributed by atoms with E-state index >= 15 is 0 Å². The van der Waals surface area contributed by atoms with Crippen molar-refractivity contribution in [1.82, 2.24) is 24.4 Å². The number of hydrogen-bond acceptors (Lipinski definition) is 4. The van der Waals surface area contributed by atoms with Crippen molar-refractivity contribution < 1.29 is 4.79 Å². The Morgan fingerprint density at radius 3 is 3.04 bits per heavy atom. The quantitative estimate of drug-likeness (QED) is 0.679. The van der Waals surface area contributed by atoms with E-state index < -0.39 is 0 Å². The number of para-hydroxylation sites is 2. The van der Waals surface area contributed by atoms with Gasteiger partial charge in [0.2, 0.25) is 11.9 Å². The van der Waals surface area contributed by atoms with Crippen molar-refractivity contribution >= 4 is 22.9 Å². The highest BCUT2D eigenvalue weighted by atomic mass is 16.1. The molecule has 0 spiro atoms. The average Bonchev–Trinajstić information content (AvgIpc) is 3.33. The number of anilines is 1. The summed E-state index contributed by atoms with van der Waals surface area (Å²) in [6.07, 6.45) is 8.37. The largest absolute Gasteiger partial charge is 0.356 e.